The van der Waals surface area contributed by atoms with Crippen LogP contribution in [0.25, 0.3) is 0 Å². The van der Waals surface area contributed by atoms with Crippen LogP contribution < -0.4 is 15.4 Å². The lowest BCUT2D eigenvalue weighted by molar-refractivity contribution is -0.117. The summed E-state index contributed by atoms with van der Waals surface area (Å²) in [6.45, 7) is 8.65. The van der Waals surface area contributed by atoms with Crippen LogP contribution in [0.15, 0.2) is 89.2 Å². The van der Waals surface area contributed by atoms with E-state index in [-0.39, 0.29) is 17.2 Å². The molecule has 1 radical (unpaired) electrons. The number of carbonyl (C=O) groups excluding carboxylic acids is 2. The Labute approximate surface area is 236 Å². The number of nitrogens with one attached hydrogen (secondary N) is 2. The molecule has 0 spiro atoms. The Morgan fingerprint density at radius 3 is 2.48 bits per heavy atom. The van der Waals surface area contributed by atoms with Crippen LogP contribution in [-0.4, -0.2) is 36.7 Å². The van der Waals surface area contributed by atoms with E-state index in [4.69, 9.17) is 4.74 Å². The molecule has 0 saturated carbocycles. The number of aryl methyl sites for hydroxylation is 1. The zero-order valence-corrected chi connectivity index (χ0v) is 23.8. The molecule has 0 bridgehead atoms. The third-order valence-corrected chi connectivity index (χ3v) is 6.67. The Bertz CT molecular complexity index is 1510. The highest BCUT2D eigenvalue weighted by atomic mass is 16.5. The summed E-state index contributed by atoms with van der Waals surface area (Å²) in [5.41, 5.74) is 6.71. The number of allylic oxidation sites excluding steroid dienone is 2. The molecular weight excluding hydrogens is 500 g/mol. The second-order valence-corrected chi connectivity index (χ2v) is 10.6. The highest BCUT2D eigenvalue weighted by Crippen LogP contribution is 2.30. The molecule has 205 valence electrons. The van der Waals surface area contributed by atoms with E-state index in [2.05, 4.69) is 41.4 Å². The Balaban J connectivity index is 1.58. The maximum absolute atomic E-state index is 13.4. The number of carbonyl (C=O) groups is 2. The first-order chi connectivity index (χ1) is 19.1. The summed E-state index contributed by atoms with van der Waals surface area (Å²) in [5.74, 6) is 0.0434. The van der Waals surface area contributed by atoms with Gasteiger partial charge in [-0.2, -0.15) is 0 Å². The van der Waals surface area contributed by atoms with Crippen molar-refractivity contribution in [3.63, 3.8) is 0 Å². The summed E-state index contributed by atoms with van der Waals surface area (Å²) in [4.78, 5) is 35.1. The SMILES string of the molecule is CN=C(/C=C(/C(=O)NCc1cccnc1)C1=C[CH]1)c1cc(NC(=O)c2cc(C(C)(C)C)ccc2OC)ccc1C. The molecule has 1 aromatic heterocycles. The van der Waals surface area contributed by atoms with Crippen molar-refractivity contribution in [2.75, 3.05) is 19.5 Å². The molecule has 1 heterocycles. The first kappa shape index (κ1) is 28.5. The Morgan fingerprint density at radius 2 is 1.85 bits per heavy atom. The number of amides is 2. The summed E-state index contributed by atoms with van der Waals surface area (Å²) in [6, 6.07) is 15.1. The molecule has 7 heteroatoms. The lowest BCUT2D eigenvalue weighted by atomic mass is 9.86. The molecule has 0 saturated heterocycles. The van der Waals surface area contributed by atoms with Crippen LogP contribution in [-0.2, 0) is 16.8 Å². The first-order valence-corrected chi connectivity index (χ1v) is 13.1. The van der Waals surface area contributed by atoms with Crippen LogP contribution in [0.5, 0.6) is 5.75 Å². The maximum atomic E-state index is 13.4. The number of hydrogen-bond acceptors (Lipinski definition) is 5. The fourth-order valence-electron chi connectivity index (χ4n) is 4.21. The highest BCUT2D eigenvalue weighted by molar-refractivity contribution is 6.16. The van der Waals surface area contributed by atoms with Gasteiger partial charge in [0.1, 0.15) is 5.75 Å². The van der Waals surface area contributed by atoms with Gasteiger partial charge in [-0.05, 0) is 71.0 Å². The number of aromatic nitrogens is 1. The third kappa shape index (κ3) is 6.91. The van der Waals surface area contributed by atoms with Crippen molar-refractivity contribution in [3.05, 3.63) is 118 Å². The molecule has 2 N–H and O–H groups in total. The summed E-state index contributed by atoms with van der Waals surface area (Å²) in [6.07, 6.45) is 9.00. The second-order valence-electron chi connectivity index (χ2n) is 10.6. The topological polar surface area (TPSA) is 92.7 Å². The molecule has 0 aliphatic heterocycles. The molecule has 4 rings (SSSR count). The standard InChI is InChI=1S/C33H35N4O3/c1-21-9-13-25(37-32(39)28-16-24(33(2,3)4)12-14-30(28)40-6)17-26(21)29(34-5)18-27(23-10-11-23)31(38)36-20-22-8-7-15-35-19-22/h7-19H,20H2,1-6H3,(H,36,38)(H,37,39)/b27-18+,34-29?. The number of methoxy groups -OCH3 is 1. The first-order valence-electron chi connectivity index (χ1n) is 13.1. The van der Waals surface area contributed by atoms with Gasteiger partial charge in [-0.3, -0.25) is 19.6 Å². The average molecular weight is 536 g/mol. The largest absolute Gasteiger partial charge is 0.496 e. The number of benzene rings is 2. The summed E-state index contributed by atoms with van der Waals surface area (Å²) < 4.78 is 5.48. The summed E-state index contributed by atoms with van der Waals surface area (Å²) in [5, 5.41) is 5.98. The van der Waals surface area contributed by atoms with Crippen LogP contribution in [0.4, 0.5) is 5.69 Å². The van der Waals surface area contributed by atoms with Gasteiger partial charge in [-0.1, -0.05) is 45.0 Å². The van der Waals surface area contributed by atoms with Crippen molar-refractivity contribution in [1.29, 1.82) is 0 Å². The lowest BCUT2D eigenvalue weighted by Crippen LogP contribution is -2.25. The van der Waals surface area contributed by atoms with E-state index in [1.165, 1.54) is 0 Å². The van der Waals surface area contributed by atoms with Crippen molar-refractivity contribution in [1.82, 2.24) is 10.3 Å². The molecule has 0 fully saturated rings. The number of aliphatic imine (C=N–C) groups is 1. The van der Waals surface area contributed by atoms with Crippen molar-refractivity contribution >= 4 is 23.2 Å². The molecular formula is C33H35N4O3. The summed E-state index contributed by atoms with van der Waals surface area (Å²) in [7, 11) is 3.25. The molecule has 2 aromatic carbocycles. The quantitative estimate of drug-likeness (QED) is 0.269. The summed E-state index contributed by atoms with van der Waals surface area (Å²) >= 11 is 0. The number of pyridine rings is 1. The van der Waals surface area contributed by atoms with Crippen LogP contribution >= 0.6 is 0 Å². The van der Waals surface area contributed by atoms with E-state index >= 15 is 0 Å². The molecule has 40 heavy (non-hydrogen) atoms. The minimum absolute atomic E-state index is 0.117. The van der Waals surface area contributed by atoms with Crippen LogP contribution in [0.3, 0.4) is 0 Å². The van der Waals surface area contributed by atoms with Crippen molar-refractivity contribution in [3.8, 4) is 5.75 Å². The predicted molar refractivity (Wildman–Crippen MR) is 160 cm³/mol. The molecule has 7 nitrogen and oxygen atoms in total. The van der Waals surface area contributed by atoms with Gasteiger partial charge in [0.15, 0.2) is 0 Å². The molecule has 1 aliphatic rings. The second kappa shape index (κ2) is 12.1. The van der Waals surface area contributed by atoms with E-state index in [0.29, 0.717) is 34.8 Å². The van der Waals surface area contributed by atoms with Crippen LogP contribution in [0, 0.1) is 13.3 Å². The lowest BCUT2D eigenvalue weighted by Gasteiger charge is -2.21. The molecule has 0 unspecified atom stereocenters. The van der Waals surface area contributed by atoms with E-state index in [1.54, 1.807) is 32.6 Å². The van der Waals surface area contributed by atoms with E-state index in [0.717, 1.165) is 27.8 Å². The van der Waals surface area contributed by atoms with Crippen LogP contribution in [0.1, 0.15) is 53.4 Å². The van der Waals surface area contributed by atoms with E-state index in [1.807, 2.05) is 68.0 Å². The number of ether oxygens (including phenoxy) is 1. The molecule has 0 atom stereocenters. The minimum Gasteiger partial charge on any atom is -0.496 e. The fraction of sp³-hybridized carbons (Fsp3) is 0.242. The van der Waals surface area contributed by atoms with Crippen molar-refractivity contribution < 1.29 is 14.3 Å². The van der Waals surface area contributed by atoms with Gasteiger partial charge in [0.25, 0.3) is 11.8 Å². The van der Waals surface area contributed by atoms with Gasteiger partial charge in [0.05, 0.1) is 18.4 Å². The minimum atomic E-state index is -0.267. The monoisotopic (exact) mass is 535 g/mol. The van der Waals surface area contributed by atoms with Crippen LogP contribution in [0.2, 0.25) is 0 Å². The molecule has 3 aromatic rings. The van der Waals surface area contributed by atoms with Gasteiger partial charge in [-0.25, -0.2) is 0 Å². The van der Waals surface area contributed by atoms with Gasteiger partial charge in [-0.15, -0.1) is 0 Å². The van der Waals surface area contributed by atoms with E-state index in [9.17, 15) is 9.59 Å². The number of nitrogens with zero attached hydrogens (tertiary/aromatic N) is 2. The van der Waals surface area contributed by atoms with Gasteiger partial charge in [0, 0.05) is 49.2 Å². The molecule has 1 aliphatic carbocycles. The normalized spacial score (nSPS) is 13.4. The Hall–Kier alpha value is -4.52. The van der Waals surface area contributed by atoms with Gasteiger partial charge < -0.3 is 15.4 Å². The van der Waals surface area contributed by atoms with E-state index < -0.39 is 0 Å². The van der Waals surface area contributed by atoms with Gasteiger partial charge in [0.2, 0.25) is 0 Å². The Morgan fingerprint density at radius 1 is 1.07 bits per heavy atom. The van der Waals surface area contributed by atoms with Crippen molar-refractivity contribution in [2.24, 2.45) is 4.99 Å². The van der Waals surface area contributed by atoms with Crippen molar-refractivity contribution in [2.45, 2.75) is 39.7 Å². The fourth-order valence-corrected chi connectivity index (χ4v) is 4.21. The maximum Gasteiger partial charge on any atom is 0.259 e. The smallest absolute Gasteiger partial charge is 0.259 e. The number of hydrogen-bond donors (Lipinski definition) is 2. The zero-order valence-electron chi connectivity index (χ0n) is 23.8. The number of rotatable bonds is 9. The zero-order chi connectivity index (χ0) is 28.9. The highest BCUT2D eigenvalue weighted by Gasteiger charge is 2.23. The Kier molecular flexibility index (Phi) is 8.63. The number of anilines is 1. The third-order valence-electron chi connectivity index (χ3n) is 6.67. The molecule has 2 amide bonds. The average Bonchev–Trinajstić information content (AvgIpc) is 3.78. The predicted octanol–water partition coefficient (Wildman–Crippen LogP) is 5.75. The van der Waals surface area contributed by atoms with Gasteiger partial charge >= 0.3 is 0 Å².